The fourth-order valence-corrected chi connectivity index (χ4v) is 4.06. The molecule has 0 aromatic heterocycles. The van der Waals surface area contributed by atoms with Crippen molar-refractivity contribution in [3.8, 4) is 0 Å². The van der Waals surface area contributed by atoms with Gasteiger partial charge in [-0.3, -0.25) is 0 Å². The Balaban J connectivity index is 3.95. The summed E-state index contributed by atoms with van der Waals surface area (Å²) in [4.78, 5) is 0. The normalized spacial score (nSPS) is 13.0. The molecule has 1 atom stereocenters. The van der Waals surface area contributed by atoms with Crippen molar-refractivity contribution >= 4 is 9.28 Å². The van der Waals surface area contributed by atoms with Crippen molar-refractivity contribution in [1.29, 1.82) is 0 Å². The number of hydrogen-bond donors (Lipinski definition) is 0. The minimum atomic E-state index is -1.62. The predicted octanol–water partition coefficient (Wildman–Crippen LogP) is 3.67. The second-order valence-corrected chi connectivity index (χ2v) is 7.87. The van der Waals surface area contributed by atoms with Gasteiger partial charge in [-0.25, -0.2) is 0 Å². The van der Waals surface area contributed by atoms with Crippen molar-refractivity contribution in [3.05, 3.63) is 0 Å². The quantitative estimate of drug-likeness (QED) is 0.321. The topological polar surface area (TPSA) is 36.9 Å². The lowest BCUT2D eigenvalue weighted by Crippen LogP contribution is -2.30. The first-order chi connectivity index (χ1) is 10.3. The van der Waals surface area contributed by atoms with Crippen LogP contribution >= 0.6 is 0 Å². The lowest BCUT2D eigenvalue weighted by atomic mass is 10.1. The number of unbranched alkanes of at least 4 members (excludes halogenated alkanes) is 3. The van der Waals surface area contributed by atoms with Crippen molar-refractivity contribution in [3.63, 3.8) is 0 Å². The van der Waals surface area contributed by atoms with E-state index >= 15 is 0 Å². The Bertz CT molecular complexity index is 193. The third-order valence-corrected chi connectivity index (χ3v) is 5.80. The summed E-state index contributed by atoms with van der Waals surface area (Å²) < 4.78 is 22.6. The summed E-state index contributed by atoms with van der Waals surface area (Å²) in [5.41, 5.74) is 0.546. The molecule has 0 saturated carbocycles. The van der Waals surface area contributed by atoms with E-state index in [1.165, 1.54) is 32.1 Å². The first-order valence-corrected chi connectivity index (χ1v) is 10.3. The standard InChI is InChI=1S/C16H36O4Si/c1-5-8-9-10-11-16(4)21(19-14-12-17-6-2)20-15-13-18-7-3/h16,21H,5-15H2,1-4H3. The molecule has 0 fully saturated rings. The van der Waals surface area contributed by atoms with Crippen molar-refractivity contribution in [2.75, 3.05) is 39.6 Å². The third kappa shape index (κ3) is 13.4. The lowest BCUT2D eigenvalue weighted by Gasteiger charge is -2.22. The molecule has 0 bridgehead atoms. The van der Waals surface area contributed by atoms with Crippen LogP contribution in [0.3, 0.4) is 0 Å². The van der Waals surface area contributed by atoms with Crippen molar-refractivity contribution in [1.82, 2.24) is 0 Å². The minimum absolute atomic E-state index is 0.546. The van der Waals surface area contributed by atoms with Crippen LogP contribution in [0.5, 0.6) is 0 Å². The van der Waals surface area contributed by atoms with Gasteiger partial charge in [0.05, 0.1) is 26.4 Å². The van der Waals surface area contributed by atoms with Crippen molar-refractivity contribution in [2.45, 2.75) is 65.3 Å². The third-order valence-electron chi connectivity index (χ3n) is 3.41. The molecule has 0 aliphatic rings. The van der Waals surface area contributed by atoms with Gasteiger partial charge in [0.1, 0.15) is 0 Å². The highest BCUT2D eigenvalue weighted by Gasteiger charge is 2.22. The van der Waals surface area contributed by atoms with E-state index < -0.39 is 9.28 Å². The van der Waals surface area contributed by atoms with Crippen LogP contribution in [0.15, 0.2) is 0 Å². The van der Waals surface area contributed by atoms with Crippen LogP contribution in [-0.2, 0) is 18.3 Å². The van der Waals surface area contributed by atoms with Gasteiger partial charge in [0.25, 0.3) is 0 Å². The molecule has 0 aliphatic heterocycles. The van der Waals surface area contributed by atoms with Crippen LogP contribution in [0, 0.1) is 0 Å². The van der Waals surface area contributed by atoms with E-state index in [0.29, 0.717) is 32.0 Å². The Morgan fingerprint density at radius 3 is 1.81 bits per heavy atom. The van der Waals surface area contributed by atoms with E-state index in [1.807, 2.05) is 13.8 Å². The molecule has 21 heavy (non-hydrogen) atoms. The molecule has 0 aliphatic carbocycles. The predicted molar refractivity (Wildman–Crippen MR) is 90.2 cm³/mol. The summed E-state index contributed by atoms with van der Waals surface area (Å²) >= 11 is 0. The Morgan fingerprint density at radius 2 is 1.33 bits per heavy atom. The first kappa shape index (κ1) is 21.1. The first-order valence-electron chi connectivity index (χ1n) is 8.64. The lowest BCUT2D eigenvalue weighted by molar-refractivity contribution is 0.0724. The molecule has 1 unspecified atom stereocenters. The van der Waals surface area contributed by atoms with Gasteiger partial charge in [-0.1, -0.05) is 39.5 Å². The van der Waals surface area contributed by atoms with Crippen LogP contribution in [0.1, 0.15) is 59.8 Å². The Hall–Kier alpha value is 0.0569. The van der Waals surface area contributed by atoms with Crippen molar-refractivity contribution in [2.24, 2.45) is 0 Å². The largest absolute Gasteiger partial charge is 0.394 e. The zero-order valence-corrected chi connectivity index (χ0v) is 15.7. The highest BCUT2D eigenvalue weighted by atomic mass is 28.3. The second-order valence-electron chi connectivity index (χ2n) is 5.33. The Labute approximate surface area is 133 Å². The molecule has 0 saturated heterocycles. The highest BCUT2D eigenvalue weighted by molar-refractivity contribution is 6.46. The Kier molecular flexibility index (Phi) is 16.5. The van der Waals surface area contributed by atoms with E-state index in [0.717, 1.165) is 13.2 Å². The van der Waals surface area contributed by atoms with E-state index in [2.05, 4.69) is 13.8 Å². The monoisotopic (exact) mass is 320 g/mol. The molecule has 0 aromatic carbocycles. The smallest absolute Gasteiger partial charge is 0.324 e. The van der Waals surface area contributed by atoms with E-state index in [-0.39, 0.29) is 0 Å². The van der Waals surface area contributed by atoms with Gasteiger partial charge < -0.3 is 18.3 Å². The van der Waals surface area contributed by atoms with Gasteiger partial charge in [-0.05, 0) is 25.8 Å². The van der Waals surface area contributed by atoms with E-state index in [4.69, 9.17) is 18.3 Å². The summed E-state index contributed by atoms with van der Waals surface area (Å²) in [5, 5.41) is 0. The van der Waals surface area contributed by atoms with Gasteiger partial charge >= 0.3 is 9.28 Å². The van der Waals surface area contributed by atoms with Gasteiger partial charge in [-0.15, -0.1) is 0 Å². The molecule has 0 N–H and O–H groups in total. The minimum Gasteiger partial charge on any atom is -0.394 e. The number of ether oxygens (including phenoxy) is 2. The maximum Gasteiger partial charge on any atom is 0.324 e. The summed E-state index contributed by atoms with van der Waals surface area (Å²) in [7, 11) is -1.62. The highest BCUT2D eigenvalue weighted by Crippen LogP contribution is 2.20. The maximum absolute atomic E-state index is 5.98. The number of hydrogen-bond acceptors (Lipinski definition) is 4. The molecule has 0 aromatic rings. The molecule has 0 spiro atoms. The molecular weight excluding hydrogens is 284 g/mol. The molecule has 0 rings (SSSR count). The van der Waals surface area contributed by atoms with Crippen molar-refractivity contribution < 1.29 is 18.3 Å². The van der Waals surface area contributed by atoms with E-state index in [1.54, 1.807) is 0 Å². The molecule has 0 heterocycles. The Morgan fingerprint density at radius 1 is 0.762 bits per heavy atom. The summed E-state index contributed by atoms with van der Waals surface area (Å²) in [5.74, 6) is 0. The SMILES string of the molecule is CCCCCCC(C)[SiH](OCCOCC)OCCOCC. The molecule has 128 valence electrons. The average molecular weight is 321 g/mol. The van der Waals surface area contributed by atoms with Crippen LogP contribution < -0.4 is 0 Å². The number of rotatable bonds is 16. The summed E-state index contributed by atoms with van der Waals surface area (Å²) in [6, 6.07) is 0. The van der Waals surface area contributed by atoms with Crippen LogP contribution in [0.4, 0.5) is 0 Å². The second kappa shape index (κ2) is 16.4. The molecule has 4 nitrogen and oxygen atoms in total. The molecule has 5 heteroatoms. The molecular formula is C16H36O4Si. The van der Waals surface area contributed by atoms with Gasteiger partial charge in [-0.2, -0.15) is 0 Å². The van der Waals surface area contributed by atoms with Gasteiger partial charge in [0.15, 0.2) is 0 Å². The average Bonchev–Trinajstić information content (AvgIpc) is 2.49. The fourth-order valence-electron chi connectivity index (χ4n) is 2.14. The van der Waals surface area contributed by atoms with Crippen LogP contribution in [-0.4, -0.2) is 48.9 Å². The van der Waals surface area contributed by atoms with E-state index in [9.17, 15) is 0 Å². The van der Waals surface area contributed by atoms with Gasteiger partial charge in [0, 0.05) is 13.2 Å². The zero-order chi connectivity index (χ0) is 15.8. The zero-order valence-electron chi connectivity index (χ0n) is 14.6. The van der Waals surface area contributed by atoms with Gasteiger partial charge in [0.2, 0.25) is 0 Å². The molecule has 0 amide bonds. The summed E-state index contributed by atoms with van der Waals surface area (Å²) in [6.45, 7) is 12.6. The van der Waals surface area contributed by atoms with Crippen LogP contribution in [0.2, 0.25) is 5.54 Å². The summed E-state index contributed by atoms with van der Waals surface area (Å²) in [6.07, 6.45) is 6.42. The maximum atomic E-state index is 5.98. The fraction of sp³-hybridized carbons (Fsp3) is 1.00. The van der Waals surface area contributed by atoms with Crippen LogP contribution in [0.25, 0.3) is 0 Å². The molecule has 0 radical (unpaired) electrons.